The van der Waals surface area contributed by atoms with Crippen molar-refractivity contribution in [3.05, 3.63) is 51.7 Å². The van der Waals surface area contributed by atoms with Gasteiger partial charge < -0.3 is 10.1 Å². The largest absolute Gasteiger partial charge is 0.496 e. The molecule has 19 heavy (non-hydrogen) atoms. The molecule has 1 aromatic heterocycles. The highest BCUT2D eigenvalue weighted by Gasteiger charge is 2.07. The van der Waals surface area contributed by atoms with Crippen molar-refractivity contribution in [2.75, 3.05) is 7.11 Å². The molecule has 3 heteroatoms. The standard InChI is InChI=1S/C16H21NOS/c1-12-6-7-16(18-3)14(9-12)11-17-13(2)10-15-5-4-8-19-15/h4-9,13,17H,10-11H2,1-3H3. The van der Waals surface area contributed by atoms with Crippen molar-refractivity contribution in [3.63, 3.8) is 0 Å². The second-order valence-corrected chi connectivity index (χ2v) is 5.91. The van der Waals surface area contributed by atoms with Crippen LogP contribution >= 0.6 is 11.3 Å². The number of aryl methyl sites for hydroxylation is 1. The molecule has 1 atom stereocenters. The number of ether oxygens (including phenoxy) is 1. The summed E-state index contributed by atoms with van der Waals surface area (Å²) in [5.74, 6) is 0.960. The summed E-state index contributed by atoms with van der Waals surface area (Å²) in [5.41, 5.74) is 2.49. The maximum Gasteiger partial charge on any atom is 0.123 e. The topological polar surface area (TPSA) is 21.3 Å². The molecule has 0 amide bonds. The molecule has 0 aliphatic carbocycles. The summed E-state index contributed by atoms with van der Waals surface area (Å²) in [6.07, 6.45) is 1.08. The lowest BCUT2D eigenvalue weighted by Gasteiger charge is -2.15. The predicted molar refractivity (Wildman–Crippen MR) is 82.1 cm³/mol. The summed E-state index contributed by atoms with van der Waals surface area (Å²) in [6.45, 7) is 5.18. The van der Waals surface area contributed by atoms with E-state index in [0.29, 0.717) is 6.04 Å². The Morgan fingerprint density at radius 3 is 2.84 bits per heavy atom. The van der Waals surface area contributed by atoms with E-state index in [-0.39, 0.29) is 0 Å². The molecular weight excluding hydrogens is 254 g/mol. The van der Waals surface area contributed by atoms with E-state index < -0.39 is 0 Å². The van der Waals surface area contributed by atoms with Crippen molar-refractivity contribution in [2.24, 2.45) is 0 Å². The molecule has 0 saturated heterocycles. The van der Waals surface area contributed by atoms with Gasteiger partial charge in [0.15, 0.2) is 0 Å². The first-order valence-electron chi connectivity index (χ1n) is 6.58. The summed E-state index contributed by atoms with van der Waals surface area (Å²) in [7, 11) is 1.73. The van der Waals surface area contributed by atoms with Gasteiger partial charge in [0, 0.05) is 23.0 Å². The van der Waals surface area contributed by atoms with Crippen LogP contribution in [0.4, 0.5) is 0 Å². The van der Waals surface area contributed by atoms with Crippen LogP contribution in [0.15, 0.2) is 35.7 Å². The van der Waals surface area contributed by atoms with Gasteiger partial charge in [0.05, 0.1) is 7.11 Å². The van der Waals surface area contributed by atoms with Gasteiger partial charge in [-0.15, -0.1) is 11.3 Å². The minimum absolute atomic E-state index is 0.462. The Hall–Kier alpha value is -1.32. The highest BCUT2D eigenvalue weighted by Crippen LogP contribution is 2.19. The van der Waals surface area contributed by atoms with Gasteiger partial charge >= 0.3 is 0 Å². The van der Waals surface area contributed by atoms with E-state index >= 15 is 0 Å². The first kappa shape index (κ1) is 14.1. The smallest absolute Gasteiger partial charge is 0.123 e. The average molecular weight is 275 g/mol. The lowest BCUT2D eigenvalue weighted by molar-refractivity contribution is 0.405. The predicted octanol–water partition coefficient (Wildman–Crippen LogP) is 3.79. The molecule has 2 rings (SSSR count). The molecule has 102 valence electrons. The number of thiophene rings is 1. The van der Waals surface area contributed by atoms with E-state index in [2.05, 4.69) is 48.8 Å². The van der Waals surface area contributed by atoms with Gasteiger partial charge in [-0.3, -0.25) is 0 Å². The van der Waals surface area contributed by atoms with E-state index in [1.165, 1.54) is 16.0 Å². The van der Waals surface area contributed by atoms with Crippen molar-refractivity contribution in [1.82, 2.24) is 5.32 Å². The molecule has 0 aliphatic rings. The van der Waals surface area contributed by atoms with Crippen LogP contribution in [0.2, 0.25) is 0 Å². The molecule has 0 fully saturated rings. The average Bonchev–Trinajstić information content (AvgIpc) is 2.89. The summed E-state index contributed by atoms with van der Waals surface area (Å²) in [4.78, 5) is 1.43. The van der Waals surface area contributed by atoms with Gasteiger partial charge in [-0.1, -0.05) is 23.8 Å². The maximum atomic E-state index is 5.40. The molecular formula is C16H21NOS. The van der Waals surface area contributed by atoms with Gasteiger partial charge in [-0.2, -0.15) is 0 Å². The normalized spacial score (nSPS) is 12.4. The lowest BCUT2D eigenvalue weighted by Crippen LogP contribution is -2.27. The van der Waals surface area contributed by atoms with Crippen LogP contribution < -0.4 is 10.1 Å². The summed E-state index contributed by atoms with van der Waals surface area (Å²) >= 11 is 1.82. The van der Waals surface area contributed by atoms with Crippen molar-refractivity contribution < 1.29 is 4.74 Å². The molecule has 1 aromatic carbocycles. The van der Waals surface area contributed by atoms with Crippen LogP contribution in [0, 0.1) is 6.92 Å². The SMILES string of the molecule is COc1ccc(C)cc1CNC(C)Cc1cccs1. The van der Waals surface area contributed by atoms with Crippen LogP contribution in [0.25, 0.3) is 0 Å². The molecule has 0 saturated carbocycles. The Labute approximate surface area is 119 Å². The Morgan fingerprint density at radius 1 is 1.32 bits per heavy atom. The number of benzene rings is 1. The zero-order valence-corrected chi connectivity index (χ0v) is 12.6. The first-order chi connectivity index (χ1) is 9.19. The van der Waals surface area contributed by atoms with Gasteiger partial charge in [-0.25, -0.2) is 0 Å². The molecule has 0 radical (unpaired) electrons. The third kappa shape index (κ3) is 4.08. The second-order valence-electron chi connectivity index (χ2n) is 4.88. The molecule has 0 bridgehead atoms. The van der Waals surface area contributed by atoms with Gasteiger partial charge in [0.2, 0.25) is 0 Å². The fourth-order valence-corrected chi connectivity index (χ4v) is 2.97. The molecule has 1 unspecified atom stereocenters. The van der Waals surface area contributed by atoms with E-state index in [4.69, 9.17) is 4.74 Å². The van der Waals surface area contributed by atoms with Gasteiger partial charge in [0.1, 0.15) is 5.75 Å². The first-order valence-corrected chi connectivity index (χ1v) is 7.46. The van der Waals surface area contributed by atoms with Crippen molar-refractivity contribution >= 4 is 11.3 Å². The Balaban J connectivity index is 1.92. The highest BCUT2D eigenvalue weighted by molar-refractivity contribution is 7.09. The molecule has 0 aliphatic heterocycles. The number of nitrogens with one attached hydrogen (secondary N) is 1. The van der Waals surface area contributed by atoms with Crippen LogP contribution in [0.1, 0.15) is 22.9 Å². The Bertz CT molecular complexity index is 507. The second kappa shape index (κ2) is 6.73. The number of hydrogen-bond donors (Lipinski definition) is 1. The van der Waals surface area contributed by atoms with Crippen molar-refractivity contribution in [3.8, 4) is 5.75 Å². The van der Waals surface area contributed by atoms with Crippen LogP contribution in [-0.2, 0) is 13.0 Å². The minimum Gasteiger partial charge on any atom is -0.496 e. The number of hydrogen-bond acceptors (Lipinski definition) is 3. The van der Waals surface area contributed by atoms with E-state index in [1.807, 2.05) is 17.4 Å². The van der Waals surface area contributed by atoms with E-state index in [1.54, 1.807) is 7.11 Å². The number of rotatable bonds is 6. The van der Waals surface area contributed by atoms with Crippen LogP contribution in [-0.4, -0.2) is 13.2 Å². The van der Waals surface area contributed by atoms with E-state index in [9.17, 15) is 0 Å². The fraction of sp³-hybridized carbons (Fsp3) is 0.375. The van der Waals surface area contributed by atoms with E-state index in [0.717, 1.165) is 18.7 Å². The van der Waals surface area contributed by atoms with Gasteiger partial charge in [-0.05, 0) is 37.8 Å². The molecule has 2 nitrogen and oxygen atoms in total. The van der Waals surface area contributed by atoms with Crippen LogP contribution in [0.3, 0.4) is 0 Å². The zero-order chi connectivity index (χ0) is 13.7. The fourth-order valence-electron chi connectivity index (χ4n) is 2.13. The molecule has 2 aromatic rings. The van der Waals surface area contributed by atoms with Crippen molar-refractivity contribution in [1.29, 1.82) is 0 Å². The molecule has 0 spiro atoms. The lowest BCUT2D eigenvalue weighted by atomic mass is 10.1. The molecule has 1 heterocycles. The minimum atomic E-state index is 0.462. The summed E-state index contributed by atoms with van der Waals surface area (Å²) in [6, 6.07) is 11.1. The highest BCUT2D eigenvalue weighted by atomic mass is 32.1. The van der Waals surface area contributed by atoms with Crippen molar-refractivity contribution in [2.45, 2.75) is 32.9 Å². The van der Waals surface area contributed by atoms with Crippen LogP contribution in [0.5, 0.6) is 5.75 Å². The van der Waals surface area contributed by atoms with Gasteiger partial charge in [0.25, 0.3) is 0 Å². The third-order valence-corrected chi connectivity index (χ3v) is 4.06. The maximum absolute atomic E-state index is 5.40. The molecule has 1 N–H and O–H groups in total. The monoisotopic (exact) mass is 275 g/mol. The third-order valence-electron chi connectivity index (χ3n) is 3.16. The summed E-state index contributed by atoms with van der Waals surface area (Å²) in [5, 5.41) is 5.70. The summed E-state index contributed by atoms with van der Waals surface area (Å²) < 4.78 is 5.40. The Morgan fingerprint density at radius 2 is 2.16 bits per heavy atom. The quantitative estimate of drug-likeness (QED) is 0.866. The zero-order valence-electron chi connectivity index (χ0n) is 11.8. The number of methoxy groups -OCH3 is 1. The Kier molecular flexibility index (Phi) is 5.00.